The molecule has 2 unspecified atom stereocenters. The molecule has 2 aromatic carbocycles. The Kier molecular flexibility index (Phi) is 11.8. The number of carbonyl (C=O) groups is 2. The summed E-state index contributed by atoms with van der Waals surface area (Å²) >= 11 is 0. The molecule has 0 spiro atoms. The zero-order chi connectivity index (χ0) is 33.4. The Bertz CT molecular complexity index is 1460. The second kappa shape index (κ2) is 15.5. The first-order valence-electron chi connectivity index (χ1n) is 16.1. The first-order valence-corrected chi connectivity index (χ1v) is 16.1. The van der Waals surface area contributed by atoms with Crippen LogP contribution in [0.2, 0.25) is 0 Å². The Hall–Kier alpha value is -4.02. The molecule has 1 aromatic heterocycles. The van der Waals surface area contributed by atoms with Crippen LogP contribution in [0.25, 0.3) is 11.1 Å². The summed E-state index contributed by atoms with van der Waals surface area (Å²) < 4.78 is 5.36. The predicted octanol–water partition coefficient (Wildman–Crippen LogP) is 5.62. The van der Waals surface area contributed by atoms with E-state index in [2.05, 4.69) is 25.9 Å². The van der Waals surface area contributed by atoms with Crippen molar-refractivity contribution in [1.82, 2.24) is 20.6 Å². The van der Waals surface area contributed by atoms with Gasteiger partial charge in [-0.15, -0.1) is 0 Å². The van der Waals surface area contributed by atoms with Gasteiger partial charge in [-0.25, -0.2) is 14.8 Å². The normalized spacial score (nSPS) is 17.9. The number of aryl methyl sites for hydroxylation is 2. The predicted molar refractivity (Wildman–Crippen MR) is 183 cm³/mol. The van der Waals surface area contributed by atoms with Gasteiger partial charge in [0.25, 0.3) is 0 Å². The lowest BCUT2D eigenvalue weighted by Gasteiger charge is -2.33. The Morgan fingerprint density at radius 1 is 0.978 bits per heavy atom. The van der Waals surface area contributed by atoms with Gasteiger partial charge in [-0.1, -0.05) is 30.3 Å². The number of rotatable bonds is 11. The van der Waals surface area contributed by atoms with Crippen molar-refractivity contribution in [1.29, 1.82) is 0 Å². The van der Waals surface area contributed by atoms with E-state index in [9.17, 15) is 14.7 Å². The van der Waals surface area contributed by atoms with Gasteiger partial charge in [0.05, 0.1) is 6.04 Å². The topological polar surface area (TPSA) is 129 Å². The van der Waals surface area contributed by atoms with E-state index >= 15 is 0 Å². The molecule has 4 N–H and O–H groups in total. The average Bonchev–Trinajstić information content (AvgIpc) is 3.01. The highest BCUT2D eigenvalue weighted by molar-refractivity contribution is 5.95. The number of anilines is 2. The first kappa shape index (κ1) is 34.8. The van der Waals surface area contributed by atoms with Crippen LogP contribution in [0.5, 0.6) is 0 Å². The number of benzene rings is 2. The molecule has 1 aliphatic carbocycles. The molecule has 0 aliphatic heterocycles. The summed E-state index contributed by atoms with van der Waals surface area (Å²) in [5.41, 5.74) is 5.22. The zero-order valence-electron chi connectivity index (χ0n) is 28.3. The molecule has 4 rings (SSSR count). The van der Waals surface area contributed by atoms with Gasteiger partial charge in [-0.2, -0.15) is 0 Å². The minimum atomic E-state index is -0.856. The summed E-state index contributed by atoms with van der Waals surface area (Å²) in [5.74, 6) is 0.739. The van der Waals surface area contributed by atoms with Crippen LogP contribution in [-0.2, 0) is 16.0 Å². The third-order valence-corrected chi connectivity index (χ3v) is 8.47. The second-order valence-corrected chi connectivity index (χ2v) is 13.7. The van der Waals surface area contributed by atoms with Crippen LogP contribution in [0, 0.1) is 25.7 Å². The molecule has 2 atom stereocenters. The summed E-state index contributed by atoms with van der Waals surface area (Å²) in [7, 11) is 3.80. The summed E-state index contributed by atoms with van der Waals surface area (Å²) in [4.78, 5) is 36.5. The average molecular weight is 631 g/mol. The lowest BCUT2D eigenvalue weighted by Crippen LogP contribution is -2.50. The Morgan fingerprint density at radius 3 is 2.30 bits per heavy atom. The van der Waals surface area contributed by atoms with Gasteiger partial charge >= 0.3 is 6.09 Å². The van der Waals surface area contributed by atoms with Crippen molar-refractivity contribution in [3.8, 4) is 11.1 Å². The van der Waals surface area contributed by atoms with E-state index in [4.69, 9.17) is 4.74 Å². The van der Waals surface area contributed by atoms with Crippen LogP contribution < -0.4 is 20.9 Å². The molecule has 1 saturated carbocycles. The summed E-state index contributed by atoms with van der Waals surface area (Å²) in [6.07, 6.45) is 6.04. The highest BCUT2D eigenvalue weighted by Gasteiger charge is 2.30. The minimum absolute atomic E-state index is 0.00612. The smallest absolute Gasteiger partial charge is 0.407 e. The van der Waals surface area contributed by atoms with Crippen molar-refractivity contribution in [3.05, 3.63) is 71.5 Å². The van der Waals surface area contributed by atoms with Crippen molar-refractivity contribution in [2.45, 2.75) is 84.6 Å². The number of carbonyl (C=O) groups excluding carboxylic acids is 2. The summed E-state index contributed by atoms with van der Waals surface area (Å²) in [5, 5.41) is 20.6. The number of hydrogen-bond acceptors (Lipinski definition) is 8. The quantitative estimate of drug-likeness (QED) is 0.201. The number of hydrogen-bond donors (Lipinski definition) is 4. The molecule has 46 heavy (non-hydrogen) atoms. The fourth-order valence-electron chi connectivity index (χ4n) is 5.68. The van der Waals surface area contributed by atoms with Crippen molar-refractivity contribution in [2.24, 2.45) is 11.8 Å². The van der Waals surface area contributed by atoms with Crippen LogP contribution in [0.1, 0.15) is 63.1 Å². The molecule has 248 valence electrons. The van der Waals surface area contributed by atoms with Crippen molar-refractivity contribution in [3.63, 3.8) is 0 Å². The molecular formula is C36H50N6O4. The maximum atomic E-state index is 13.7. The molecule has 1 heterocycles. The molecule has 10 nitrogen and oxygen atoms in total. The third-order valence-electron chi connectivity index (χ3n) is 8.47. The highest BCUT2D eigenvalue weighted by atomic mass is 16.6. The summed E-state index contributed by atoms with van der Waals surface area (Å²) in [6.45, 7) is 10.1. The van der Waals surface area contributed by atoms with Gasteiger partial charge in [0.2, 0.25) is 11.9 Å². The Balaban J connectivity index is 1.43. The fourth-order valence-corrected chi connectivity index (χ4v) is 5.68. The lowest BCUT2D eigenvalue weighted by atomic mass is 9.81. The van der Waals surface area contributed by atoms with Gasteiger partial charge < -0.3 is 25.4 Å². The molecular weight excluding hydrogens is 580 g/mol. The molecule has 0 saturated heterocycles. The monoisotopic (exact) mass is 630 g/mol. The Morgan fingerprint density at radius 2 is 1.67 bits per heavy atom. The van der Waals surface area contributed by atoms with E-state index in [0.29, 0.717) is 24.8 Å². The van der Waals surface area contributed by atoms with Crippen molar-refractivity contribution >= 4 is 23.6 Å². The summed E-state index contributed by atoms with van der Waals surface area (Å²) in [6, 6.07) is 13.2. The van der Waals surface area contributed by atoms with E-state index in [1.54, 1.807) is 12.4 Å². The third kappa shape index (κ3) is 10.3. The largest absolute Gasteiger partial charge is 0.444 e. The number of aliphatic hydroxyl groups is 1. The highest BCUT2D eigenvalue weighted by Crippen LogP contribution is 2.30. The number of nitrogens with one attached hydrogen (secondary N) is 3. The Labute approximate surface area is 273 Å². The van der Waals surface area contributed by atoms with Crippen LogP contribution in [0.15, 0.2) is 54.9 Å². The molecule has 1 aliphatic rings. The van der Waals surface area contributed by atoms with Crippen LogP contribution >= 0.6 is 0 Å². The standard InChI is InChI=1S/C36H50N6O4/c1-23-11-16-30(17-24(23)2)40-33(44)31(19-26-9-8-10-28(18-26)29-21-37-34(38-22-29)42(6)7)41-32(43)27-14-12-25(13-15-27)20-39-35(45)46-36(3,4)5/h8-11,16-18,21-22,25,27,31-32,41,43H,12-15,19-20H2,1-7H3,(H,39,45)(H,40,44). The molecule has 3 aromatic rings. The SMILES string of the molecule is Cc1ccc(NC(=O)C(Cc2cccc(-c3cnc(N(C)C)nc3)c2)NC(O)C2CCC(CNC(=O)OC(C)(C)C)CC2)cc1C. The minimum Gasteiger partial charge on any atom is -0.444 e. The molecule has 2 amide bonds. The van der Waals surface area contributed by atoms with E-state index in [1.165, 1.54) is 0 Å². The van der Waals surface area contributed by atoms with Crippen LogP contribution in [-0.4, -0.2) is 65.6 Å². The number of ether oxygens (including phenoxy) is 1. The zero-order valence-corrected chi connectivity index (χ0v) is 28.3. The van der Waals surface area contributed by atoms with E-state index in [-0.39, 0.29) is 11.8 Å². The molecule has 0 bridgehead atoms. The van der Waals surface area contributed by atoms with Gasteiger partial charge in [0.15, 0.2) is 0 Å². The van der Waals surface area contributed by atoms with Gasteiger partial charge in [0.1, 0.15) is 11.8 Å². The number of amides is 2. The number of aliphatic hydroxyl groups excluding tert-OH is 1. The number of nitrogens with zero attached hydrogens (tertiary/aromatic N) is 3. The van der Waals surface area contributed by atoms with Gasteiger partial charge in [-0.05, 0) is 113 Å². The van der Waals surface area contributed by atoms with Crippen molar-refractivity contribution < 1.29 is 19.4 Å². The maximum absolute atomic E-state index is 13.7. The first-order chi connectivity index (χ1) is 21.8. The van der Waals surface area contributed by atoms with E-state index in [0.717, 1.165) is 59.2 Å². The molecule has 10 heteroatoms. The van der Waals surface area contributed by atoms with Crippen LogP contribution in [0.3, 0.4) is 0 Å². The van der Waals surface area contributed by atoms with E-state index < -0.39 is 24.0 Å². The lowest BCUT2D eigenvalue weighted by molar-refractivity contribution is -0.119. The number of aromatic nitrogens is 2. The fraction of sp³-hybridized carbons (Fsp3) is 0.500. The van der Waals surface area contributed by atoms with E-state index in [1.807, 2.05) is 96.1 Å². The van der Waals surface area contributed by atoms with Gasteiger partial charge in [-0.3, -0.25) is 10.1 Å². The second-order valence-electron chi connectivity index (χ2n) is 13.7. The van der Waals surface area contributed by atoms with Crippen LogP contribution in [0.4, 0.5) is 16.4 Å². The van der Waals surface area contributed by atoms with Gasteiger partial charge in [0, 0.05) is 44.3 Å². The molecule has 1 fully saturated rings. The molecule has 0 radical (unpaired) electrons. The maximum Gasteiger partial charge on any atom is 0.407 e. The van der Waals surface area contributed by atoms with Crippen molar-refractivity contribution in [2.75, 3.05) is 30.9 Å². The number of alkyl carbamates (subject to hydrolysis) is 1.